The van der Waals surface area contributed by atoms with Crippen LogP contribution in [-0.2, 0) is 11.3 Å². The van der Waals surface area contributed by atoms with Crippen LogP contribution in [0.2, 0.25) is 0 Å². The molecule has 0 saturated heterocycles. The van der Waals surface area contributed by atoms with E-state index in [4.69, 9.17) is 5.26 Å². The quantitative estimate of drug-likeness (QED) is 0.703. The Morgan fingerprint density at radius 2 is 2.23 bits per heavy atom. The number of nitrogens with zero attached hydrogens (tertiary/aromatic N) is 3. The summed E-state index contributed by atoms with van der Waals surface area (Å²) in [6.07, 6.45) is 3.06. The first kappa shape index (κ1) is 9.13. The van der Waals surface area contributed by atoms with Crippen molar-refractivity contribution in [2.24, 2.45) is 0 Å². The molecule has 0 radical (unpaired) electrons. The van der Waals surface area contributed by atoms with Gasteiger partial charge in [-0.05, 0) is 6.07 Å². The van der Waals surface area contributed by atoms with Crippen LogP contribution in [-0.4, -0.2) is 15.9 Å². The zero-order valence-corrected chi connectivity index (χ0v) is 6.90. The second kappa shape index (κ2) is 4.83. The zero-order chi connectivity index (χ0) is 9.52. The summed E-state index contributed by atoms with van der Waals surface area (Å²) in [7, 11) is 0. The smallest absolute Gasteiger partial charge is 0.234 e. The summed E-state index contributed by atoms with van der Waals surface area (Å²) in [5.74, 6) is 0.226. The zero-order valence-electron chi connectivity index (χ0n) is 6.90. The third-order valence-corrected chi connectivity index (χ3v) is 1.30. The Kier molecular flexibility index (Phi) is 3.39. The second-order valence-corrected chi connectivity index (χ2v) is 2.28. The summed E-state index contributed by atoms with van der Waals surface area (Å²) in [6.45, 7) is 0.265. The Morgan fingerprint density at radius 3 is 2.85 bits per heavy atom. The van der Waals surface area contributed by atoms with E-state index < -0.39 is 0 Å². The van der Waals surface area contributed by atoms with Crippen LogP contribution in [0.25, 0.3) is 0 Å². The van der Waals surface area contributed by atoms with Crippen LogP contribution in [0, 0.1) is 11.3 Å². The molecule has 5 heteroatoms. The van der Waals surface area contributed by atoms with Gasteiger partial charge in [0.25, 0.3) is 0 Å². The number of nitriles is 1. The molecule has 0 saturated carbocycles. The molecule has 0 aliphatic rings. The molecule has 0 spiro atoms. The number of carbonyl (C=O) groups is 1. The molecule has 0 fully saturated rings. The van der Waals surface area contributed by atoms with Gasteiger partial charge in [-0.2, -0.15) is 5.26 Å². The van der Waals surface area contributed by atoms with Gasteiger partial charge in [0.15, 0.2) is 0 Å². The minimum absolute atomic E-state index is 0.132. The van der Waals surface area contributed by atoms with Crippen molar-refractivity contribution in [1.82, 2.24) is 15.3 Å². The Labute approximate surface area is 75.4 Å². The molecule has 0 bridgehead atoms. The normalized spacial score (nSPS) is 8.85. The third-order valence-electron chi connectivity index (χ3n) is 1.30. The van der Waals surface area contributed by atoms with Gasteiger partial charge in [-0.25, -0.2) is 9.97 Å². The topological polar surface area (TPSA) is 78.7 Å². The molecular weight excluding hydrogens is 168 g/mol. The van der Waals surface area contributed by atoms with Gasteiger partial charge in [0.2, 0.25) is 5.91 Å². The van der Waals surface area contributed by atoms with E-state index in [1.807, 2.05) is 0 Å². The van der Waals surface area contributed by atoms with Gasteiger partial charge in [0.1, 0.15) is 12.2 Å². The molecule has 0 aliphatic carbocycles. The van der Waals surface area contributed by atoms with Crippen LogP contribution in [0.4, 0.5) is 0 Å². The van der Waals surface area contributed by atoms with Gasteiger partial charge in [-0.1, -0.05) is 0 Å². The first-order valence-corrected chi connectivity index (χ1v) is 3.72. The molecule has 1 aromatic rings. The lowest BCUT2D eigenvalue weighted by Gasteiger charge is -1.99. The van der Waals surface area contributed by atoms with Crippen LogP contribution in [0.3, 0.4) is 0 Å². The second-order valence-electron chi connectivity index (χ2n) is 2.28. The first-order chi connectivity index (χ1) is 6.33. The summed E-state index contributed by atoms with van der Waals surface area (Å²) in [5.41, 5.74) is 0. The number of hydrogen-bond acceptors (Lipinski definition) is 4. The number of hydrogen-bond donors (Lipinski definition) is 1. The third kappa shape index (κ3) is 3.29. The van der Waals surface area contributed by atoms with Crippen molar-refractivity contribution >= 4 is 5.91 Å². The molecule has 1 heterocycles. The van der Waals surface area contributed by atoms with E-state index in [0.717, 1.165) is 0 Å². The van der Waals surface area contributed by atoms with Gasteiger partial charge in [0, 0.05) is 12.4 Å². The maximum Gasteiger partial charge on any atom is 0.234 e. The van der Waals surface area contributed by atoms with E-state index >= 15 is 0 Å². The van der Waals surface area contributed by atoms with Gasteiger partial charge in [0.05, 0.1) is 12.6 Å². The van der Waals surface area contributed by atoms with Gasteiger partial charge in [-0.3, -0.25) is 4.79 Å². The van der Waals surface area contributed by atoms with Crippen molar-refractivity contribution in [2.45, 2.75) is 13.0 Å². The Balaban J connectivity index is 2.36. The predicted molar refractivity (Wildman–Crippen MR) is 44.1 cm³/mol. The lowest BCUT2D eigenvalue weighted by molar-refractivity contribution is -0.120. The van der Waals surface area contributed by atoms with Gasteiger partial charge in [-0.15, -0.1) is 0 Å². The van der Waals surface area contributed by atoms with Crippen molar-refractivity contribution < 1.29 is 4.79 Å². The summed E-state index contributed by atoms with van der Waals surface area (Å²) in [5, 5.41) is 10.7. The molecule has 1 aromatic heterocycles. The molecule has 1 N–H and O–H groups in total. The predicted octanol–water partition coefficient (Wildman–Crippen LogP) is 0.00648. The summed E-state index contributed by atoms with van der Waals surface area (Å²) in [4.78, 5) is 18.6. The highest BCUT2D eigenvalue weighted by molar-refractivity contribution is 5.77. The van der Waals surface area contributed by atoms with Crippen LogP contribution in [0.1, 0.15) is 12.2 Å². The van der Waals surface area contributed by atoms with E-state index in [1.54, 1.807) is 24.5 Å². The number of carbonyl (C=O) groups excluding carboxylic acids is 1. The number of aromatic nitrogens is 2. The fourth-order valence-electron chi connectivity index (χ4n) is 0.733. The van der Waals surface area contributed by atoms with Gasteiger partial charge < -0.3 is 5.32 Å². The minimum Gasteiger partial charge on any atom is -0.348 e. The number of rotatable bonds is 3. The molecule has 0 aliphatic heterocycles. The SMILES string of the molecule is N#CCC(=O)NCc1ncccn1. The van der Waals surface area contributed by atoms with Crippen molar-refractivity contribution in [1.29, 1.82) is 5.26 Å². The number of nitrogens with one attached hydrogen (secondary N) is 1. The molecule has 1 amide bonds. The van der Waals surface area contributed by atoms with Crippen molar-refractivity contribution in [3.8, 4) is 6.07 Å². The standard InChI is InChI=1S/C8H8N4O/c9-3-2-8(13)12-6-7-10-4-1-5-11-7/h1,4-5H,2,6H2,(H,12,13). The molecule has 5 nitrogen and oxygen atoms in total. The molecule has 0 unspecified atom stereocenters. The largest absolute Gasteiger partial charge is 0.348 e. The monoisotopic (exact) mass is 176 g/mol. The highest BCUT2D eigenvalue weighted by Crippen LogP contribution is 1.86. The summed E-state index contributed by atoms with van der Waals surface area (Å²) < 4.78 is 0. The van der Waals surface area contributed by atoms with E-state index in [1.165, 1.54) is 0 Å². The summed E-state index contributed by atoms with van der Waals surface area (Å²) >= 11 is 0. The fourth-order valence-corrected chi connectivity index (χ4v) is 0.733. The summed E-state index contributed by atoms with van der Waals surface area (Å²) in [6, 6.07) is 3.45. The molecular formula is C8H8N4O. The van der Waals surface area contributed by atoms with Crippen molar-refractivity contribution in [3.63, 3.8) is 0 Å². The Hall–Kier alpha value is -1.96. The molecule has 0 aromatic carbocycles. The molecule has 13 heavy (non-hydrogen) atoms. The van der Waals surface area contributed by atoms with Crippen LogP contribution < -0.4 is 5.32 Å². The van der Waals surface area contributed by atoms with E-state index in [-0.39, 0.29) is 18.9 Å². The van der Waals surface area contributed by atoms with Crippen LogP contribution in [0.5, 0.6) is 0 Å². The maximum atomic E-state index is 10.8. The van der Waals surface area contributed by atoms with Gasteiger partial charge >= 0.3 is 0 Å². The Morgan fingerprint density at radius 1 is 1.54 bits per heavy atom. The van der Waals surface area contributed by atoms with Crippen LogP contribution in [0.15, 0.2) is 18.5 Å². The van der Waals surface area contributed by atoms with E-state index in [2.05, 4.69) is 15.3 Å². The fraction of sp³-hybridized carbons (Fsp3) is 0.250. The first-order valence-electron chi connectivity index (χ1n) is 3.72. The average Bonchev–Trinajstić information content (AvgIpc) is 2.17. The lowest BCUT2D eigenvalue weighted by Crippen LogP contribution is -2.22. The van der Waals surface area contributed by atoms with E-state index in [9.17, 15) is 4.79 Å². The minimum atomic E-state index is -0.310. The number of amides is 1. The molecule has 1 rings (SSSR count). The highest BCUT2D eigenvalue weighted by Gasteiger charge is 1.99. The van der Waals surface area contributed by atoms with Crippen molar-refractivity contribution in [2.75, 3.05) is 0 Å². The maximum absolute atomic E-state index is 10.8. The van der Waals surface area contributed by atoms with E-state index in [0.29, 0.717) is 5.82 Å². The highest BCUT2D eigenvalue weighted by atomic mass is 16.1. The molecule has 0 atom stereocenters. The Bertz CT molecular complexity index is 317. The average molecular weight is 176 g/mol. The van der Waals surface area contributed by atoms with Crippen LogP contribution >= 0.6 is 0 Å². The lowest BCUT2D eigenvalue weighted by atomic mass is 10.4. The van der Waals surface area contributed by atoms with Crippen molar-refractivity contribution in [3.05, 3.63) is 24.3 Å². The molecule has 66 valence electrons.